The van der Waals surface area contributed by atoms with Gasteiger partial charge in [0.15, 0.2) is 0 Å². The van der Waals surface area contributed by atoms with Crippen molar-refractivity contribution in [2.45, 2.75) is 6.54 Å². The summed E-state index contributed by atoms with van der Waals surface area (Å²) < 4.78 is 9.17. The Hall–Kier alpha value is -2.44. The molecule has 130 valence electrons. The monoisotopic (exact) mass is 338 g/mol. The first-order chi connectivity index (χ1) is 12.2. The zero-order valence-corrected chi connectivity index (χ0v) is 14.4. The van der Waals surface area contributed by atoms with E-state index in [-0.39, 0.29) is 5.56 Å². The third-order valence-corrected chi connectivity index (χ3v) is 4.85. The summed E-state index contributed by atoms with van der Waals surface area (Å²) in [5.41, 5.74) is 1.56. The Balaban J connectivity index is 1.66. The van der Waals surface area contributed by atoms with Gasteiger partial charge in [-0.3, -0.25) is 9.69 Å². The van der Waals surface area contributed by atoms with Crippen molar-refractivity contribution in [3.8, 4) is 11.4 Å². The molecule has 1 aliphatic heterocycles. The van der Waals surface area contributed by atoms with Gasteiger partial charge in [0.1, 0.15) is 5.82 Å². The first kappa shape index (κ1) is 16.1. The number of morpholine rings is 1. The van der Waals surface area contributed by atoms with Gasteiger partial charge >= 0.3 is 0 Å². The number of hydrogen-bond donors (Lipinski definition) is 0. The molecule has 0 saturated carbocycles. The van der Waals surface area contributed by atoms with Crippen LogP contribution in [0.25, 0.3) is 22.3 Å². The first-order valence-corrected chi connectivity index (χ1v) is 8.64. The van der Waals surface area contributed by atoms with Crippen LogP contribution in [-0.4, -0.2) is 51.9 Å². The number of hydrogen-bond acceptors (Lipinski definition) is 4. The minimum absolute atomic E-state index is 0.0162. The molecule has 4 rings (SSSR count). The minimum Gasteiger partial charge on any atom is -0.379 e. The summed E-state index contributed by atoms with van der Waals surface area (Å²) in [6, 6.07) is 9.88. The van der Waals surface area contributed by atoms with Crippen molar-refractivity contribution in [3.05, 3.63) is 53.1 Å². The van der Waals surface area contributed by atoms with E-state index >= 15 is 0 Å². The number of benzene rings is 1. The van der Waals surface area contributed by atoms with Crippen molar-refractivity contribution in [3.63, 3.8) is 0 Å². The normalized spacial score (nSPS) is 15.7. The van der Waals surface area contributed by atoms with Crippen LogP contribution in [0.5, 0.6) is 0 Å². The van der Waals surface area contributed by atoms with E-state index in [1.165, 1.54) is 0 Å². The Bertz CT molecular complexity index is 938. The number of aromatic nitrogens is 3. The lowest BCUT2D eigenvalue weighted by molar-refractivity contribution is 0.0364. The van der Waals surface area contributed by atoms with Crippen molar-refractivity contribution in [2.24, 2.45) is 7.05 Å². The molecule has 3 aromatic rings. The van der Waals surface area contributed by atoms with Gasteiger partial charge in [-0.05, 0) is 17.5 Å². The topological polar surface area (TPSA) is 52.3 Å². The maximum Gasteiger partial charge on any atom is 0.261 e. The Morgan fingerprint density at radius 2 is 1.96 bits per heavy atom. The average molecular weight is 338 g/mol. The van der Waals surface area contributed by atoms with Crippen LogP contribution in [0, 0.1) is 0 Å². The van der Waals surface area contributed by atoms with Gasteiger partial charge in [0, 0.05) is 45.6 Å². The van der Waals surface area contributed by atoms with E-state index in [4.69, 9.17) is 4.74 Å². The molecule has 0 bridgehead atoms. The molecule has 1 saturated heterocycles. The summed E-state index contributed by atoms with van der Waals surface area (Å²) in [7, 11) is 1.81. The van der Waals surface area contributed by atoms with E-state index in [0.29, 0.717) is 5.56 Å². The van der Waals surface area contributed by atoms with Crippen LogP contribution < -0.4 is 5.56 Å². The number of para-hydroxylation sites is 1. The third kappa shape index (κ3) is 3.10. The van der Waals surface area contributed by atoms with Crippen LogP contribution in [0.15, 0.2) is 47.5 Å². The predicted molar refractivity (Wildman–Crippen MR) is 97.7 cm³/mol. The molecule has 1 fully saturated rings. The van der Waals surface area contributed by atoms with E-state index in [0.717, 1.165) is 56.1 Å². The van der Waals surface area contributed by atoms with E-state index in [1.54, 1.807) is 10.8 Å². The number of rotatable bonds is 4. The first-order valence-electron chi connectivity index (χ1n) is 8.64. The fourth-order valence-electron chi connectivity index (χ4n) is 3.39. The predicted octanol–water partition coefficient (Wildman–Crippen LogP) is 1.73. The molecule has 0 amide bonds. The van der Waals surface area contributed by atoms with Crippen LogP contribution >= 0.6 is 0 Å². The summed E-state index contributed by atoms with van der Waals surface area (Å²) >= 11 is 0. The minimum atomic E-state index is -0.0162. The lowest BCUT2D eigenvalue weighted by Gasteiger charge is -2.26. The van der Waals surface area contributed by atoms with Gasteiger partial charge in [0.25, 0.3) is 5.56 Å². The maximum absolute atomic E-state index is 12.8. The van der Waals surface area contributed by atoms with E-state index in [2.05, 4.69) is 14.5 Å². The van der Waals surface area contributed by atoms with Crippen LogP contribution in [0.4, 0.5) is 0 Å². The molecule has 6 nitrogen and oxygen atoms in total. The van der Waals surface area contributed by atoms with Gasteiger partial charge in [0.2, 0.25) is 0 Å². The second kappa shape index (κ2) is 6.82. The molecule has 0 radical (unpaired) electrons. The largest absolute Gasteiger partial charge is 0.379 e. The molecule has 6 heteroatoms. The number of nitrogens with zero attached hydrogens (tertiary/aromatic N) is 4. The Morgan fingerprint density at radius 1 is 1.16 bits per heavy atom. The van der Waals surface area contributed by atoms with Gasteiger partial charge in [-0.25, -0.2) is 4.98 Å². The summed E-state index contributed by atoms with van der Waals surface area (Å²) in [5, 5.41) is 1.04. The highest BCUT2D eigenvalue weighted by Gasteiger charge is 2.15. The van der Waals surface area contributed by atoms with E-state index < -0.39 is 0 Å². The Morgan fingerprint density at radius 3 is 2.80 bits per heavy atom. The lowest BCUT2D eigenvalue weighted by atomic mass is 10.1. The fraction of sp³-hybridized carbons (Fsp3) is 0.368. The van der Waals surface area contributed by atoms with Crippen molar-refractivity contribution in [2.75, 3.05) is 32.8 Å². The summed E-state index contributed by atoms with van der Waals surface area (Å²) in [6.07, 6.45) is 3.72. The number of aryl methyl sites for hydroxylation is 1. The third-order valence-electron chi connectivity index (χ3n) is 4.85. The smallest absolute Gasteiger partial charge is 0.261 e. The van der Waals surface area contributed by atoms with Crippen molar-refractivity contribution in [1.29, 1.82) is 0 Å². The lowest BCUT2D eigenvalue weighted by Crippen LogP contribution is -2.38. The number of ether oxygens (including phenoxy) is 1. The summed E-state index contributed by atoms with van der Waals surface area (Å²) in [5.74, 6) is 0.736. The SMILES string of the molecule is Cn1c(=O)c(-c2nccn2CCN2CCOCC2)cc2ccccc21. The van der Waals surface area contributed by atoms with Gasteiger partial charge in [0.05, 0.1) is 24.3 Å². The van der Waals surface area contributed by atoms with Crippen molar-refractivity contribution >= 4 is 10.9 Å². The molecule has 0 atom stereocenters. The molecule has 25 heavy (non-hydrogen) atoms. The fourth-order valence-corrected chi connectivity index (χ4v) is 3.39. The highest BCUT2D eigenvalue weighted by molar-refractivity contribution is 5.83. The Labute approximate surface area is 146 Å². The summed E-state index contributed by atoms with van der Waals surface area (Å²) in [6.45, 7) is 5.25. The number of fused-ring (bicyclic) bond motifs is 1. The summed E-state index contributed by atoms with van der Waals surface area (Å²) in [4.78, 5) is 19.7. The number of pyridine rings is 1. The molecule has 0 aliphatic carbocycles. The standard InChI is InChI=1S/C19H22N4O2/c1-21-17-5-3-2-4-15(17)14-16(19(21)24)18-20-6-7-23(18)9-8-22-10-12-25-13-11-22/h2-7,14H,8-13H2,1H3. The van der Waals surface area contributed by atoms with Gasteiger partial charge in [-0.2, -0.15) is 0 Å². The van der Waals surface area contributed by atoms with E-state index in [9.17, 15) is 4.79 Å². The molecule has 0 unspecified atom stereocenters. The van der Waals surface area contributed by atoms with Crippen LogP contribution in [0.2, 0.25) is 0 Å². The quantitative estimate of drug-likeness (QED) is 0.727. The molecule has 1 aromatic carbocycles. The molecule has 3 heterocycles. The highest BCUT2D eigenvalue weighted by Crippen LogP contribution is 2.19. The molecule has 2 aromatic heterocycles. The van der Waals surface area contributed by atoms with Gasteiger partial charge in [-0.15, -0.1) is 0 Å². The molecule has 1 aliphatic rings. The van der Waals surface area contributed by atoms with Gasteiger partial charge in [-0.1, -0.05) is 18.2 Å². The van der Waals surface area contributed by atoms with Crippen molar-refractivity contribution < 1.29 is 4.74 Å². The molecule has 0 N–H and O–H groups in total. The second-order valence-corrected chi connectivity index (χ2v) is 6.38. The van der Waals surface area contributed by atoms with Crippen LogP contribution in [0.3, 0.4) is 0 Å². The molecular weight excluding hydrogens is 316 g/mol. The van der Waals surface area contributed by atoms with E-state index in [1.807, 2.05) is 43.6 Å². The maximum atomic E-state index is 12.8. The number of imidazole rings is 1. The highest BCUT2D eigenvalue weighted by atomic mass is 16.5. The molecule has 0 spiro atoms. The zero-order chi connectivity index (χ0) is 17.2. The molecular formula is C19H22N4O2. The average Bonchev–Trinajstić information content (AvgIpc) is 3.12. The zero-order valence-electron chi connectivity index (χ0n) is 14.4. The van der Waals surface area contributed by atoms with Crippen molar-refractivity contribution in [1.82, 2.24) is 19.0 Å². The van der Waals surface area contributed by atoms with Gasteiger partial charge < -0.3 is 13.9 Å². The van der Waals surface area contributed by atoms with Crippen LogP contribution in [-0.2, 0) is 18.3 Å². The second-order valence-electron chi connectivity index (χ2n) is 6.38. The Kier molecular flexibility index (Phi) is 4.38. The van der Waals surface area contributed by atoms with Crippen LogP contribution in [0.1, 0.15) is 0 Å².